The Bertz CT molecular complexity index is 1450. The molecule has 4 bridgehead atoms. The van der Waals surface area contributed by atoms with Crippen molar-refractivity contribution in [3.05, 3.63) is 48.2 Å². The van der Waals surface area contributed by atoms with Crippen LogP contribution in [0.1, 0.15) is 76.3 Å². The molecule has 8 rings (SSSR count). The molecule has 0 spiro atoms. The van der Waals surface area contributed by atoms with Crippen LogP contribution in [0.4, 0.5) is 0 Å². The first kappa shape index (κ1) is 29.0. The van der Waals surface area contributed by atoms with E-state index in [1.165, 1.54) is 11.8 Å². The van der Waals surface area contributed by atoms with Gasteiger partial charge in [0.15, 0.2) is 5.96 Å². The van der Waals surface area contributed by atoms with Gasteiger partial charge in [-0.3, -0.25) is 4.99 Å². The second kappa shape index (κ2) is 10.7. The number of H-pyrrole nitrogens is 1. The highest BCUT2D eigenvalue weighted by Crippen LogP contribution is 2.69. The lowest BCUT2D eigenvalue weighted by atomic mass is 9.54. The highest BCUT2D eigenvalue weighted by atomic mass is 16.3. The first-order valence-electron chi connectivity index (χ1n) is 16.5. The van der Waals surface area contributed by atoms with Gasteiger partial charge in [-0.25, -0.2) is 0 Å². The van der Waals surface area contributed by atoms with E-state index < -0.39 is 23.3 Å². The summed E-state index contributed by atoms with van der Waals surface area (Å²) < 4.78 is 0. The maximum absolute atomic E-state index is 13.2. The molecule has 9 unspecified atom stereocenters. The molecule has 0 radical (unpaired) electrons. The summed E-state index contributed by atoms with van der Waals surface area (Å²) in [5.74, 6) is 7.10. The summed E-state index contributed by atoms with van der Waals surface area (Å²) in [7, 11) is 1.63. The van der Waals surface area contributed by atoms with Crippen LogP contribution in [-0.4, -0.2) is 56.7 Å². The van der Waals surface area contributed by atoms with E-state index in [4.69, 9.17) is 12.3 Å². The van der Waals surface area contributed by atoms with Crippen molar-refractivity contribution in [2.75, 3.05) is 7.05 Å². The molecule has 1 aromatic heterocycles. The smallest absolute Gasteiger partial charge is 0.189 e. The first-order valence-corrected chi connectivity index (χ1v) is 16.5. The third kappa shape index (κ3) is 4.47. The van der Waals surface area contributed by atoms with E-state index in [0.29, 0.717) is 19.3 Å². The van der Waals surface area contributed by atoms with E-state index in [1.807, 2.05) is 6.07 Å². The van der Waals surface area contributed by atoms with Crippen LogP contribution in [0.15, 0.2) is 47.5 Å². The molecule has 230 valence electrons. The summed E-state index contributed by atoms with van der Waals surface area (Å²) in [6.07, 6.45) is 9.23. The largest absolute Gasteiger partial charge is 0.390 e. The third-order valence-electron chi connectivity index (χ3n) is 12.6. The van der Waals surface area contributed by atoms with E-state index in [-0.39, 0.29) is 47.4 Å². The number of nitrogens with two attached hydrogens (primary N) is 1. The minimum atomic E-state index is -1.41. The van der Waals surface area contributed by atoms with Gasteiger partial charge in [0.1, 0.15) is 0 Å². The predicted molar refractivity (Wildman–Crippen MR) is 170 cm³/mol. The number of rotatable bonds is 5. The highest BCUT2D eigenvalue weighted by Gasteiger charge is 2.71. The van der Waals surface area contributed by atoms with Crippen molar-refractivity contribution in [1.82, 2.24) is 10.3 Å². The molecular formula is C36H48N4O3. The predicted octanol–water partition coefficient (Wildman–Crippen LogP) is 4.42. The molecule has 6 aliphatic rings. The molecule has 2 aromatic rings. The number of aromatic amines is 1. The van der Waals surface area contributed by atoms with Crippen molar-refractivity contribution in [2.45, 2.75) is 100 Å². The van der Waals surface area contributed by atoms with Crippen LogP contribution in [-0.2, 0) is 6.42 Å². The second-order valence-electron chi connectivity index (χ2n) is 14.5. The zero-order valence-corrected chi connectivity index (χ0v) is 25.5. The molecule has 0 aliphatic heterocycles. The van der Waals surface area contributed by atoms with Gasteiger partial charge in [-0.1, -0.05) is 55.5 Å². The molecule has 9 atom stereocenters. The Morgan fingerprint density at radius 1 is 1.09 bits per heavy atom. The number of benzene rings is 1. The summed E-state index contributed by atoms with van der Waals surface area (Å²) in [5, 5.41) is 42.1. The normalized spacial score (nSPS) is 41.1. The molecule has 1 aromatic carbocycles. The van der Waals surface area contributed by atoms with E-state index >= 15 is 0 Å². The van der Waals surface area contributed by atoms with Gasteiger partial charge in [-0.05, 0) is 85.6 Å². The van der Waals surface area contributed by atoms with Gasteiger partial charge < -0.3 is 31.4 Å². The van der Waals surface area contributed by atoms with Gasteiger partial charge in [-0.15, -0.1) is 5.92 Å². The summed E-state index contributed by atoms with van der Waals surface area (Å²) in [4.78, 5) is 7.70. The number of nitrogens with zero attached hydrogens (tertiary/aromatic N) is 1. The first-order chi connectivity index (χ1) is 20.7. The maximum atomic E-state index is 13.2. The quantitative estimate of drug-likeness (QED) is 0.134. The third-order valence-corrected chi connectivity index (χ3v) is 12.6. The fourth-order valence-electron chi connectivity index (χ4n) is 10.7. The number of aliphatic hydroxyl groups is 3. The fourth-order valence-corrected chi connectivity index (χ4v) is 10.7. The average molecular weight is 585 g/mol. The van der Waals surface area contributed by atoms with Gasteiger partial charge in [0.25, 0.3) is 0 Å². The van der Waals surface area contributed by atoms with Crippen LogP contribution in [0.5, 0.6) is 0 Å². The standard InChI is InChI=1S/C36H48N4O3/c1-22(17-27-18-23-9-6-7-13-30(23)39-27)34-16-8-12-26(40-33(37)38-2)21-35(42)31(41)19-29-32(35)28(34)15-14-25(20-34)36(29,43)24-10-4-3-5-11-24/h6-7,9,13,18,24-26,28-29,31-32,39,41-43H,1,3-5,10-11,14-17,19-21H2,2H3,(H3,37,38,40). The van der Waals surface area contributed by atoms with Crippen molar-refractivity contribution in [2.24, 2.45) is 45.7 Å². The Morgan fingerprint density at radius 3 is 2.65 bits per heavy atom. The molecule has 1 heterocycles. The number of para-hydroxylation sites is 1. The molecular weight excluding hydrogens is 536 g/mol. The number of guanidine groups is 1. The zero-order valence-electron chi connectivity index (χ0n) is 25.5. The molecule has 0 amide bonds. The summed E-state index contributed by atoms with van der Waals surface area (Å²) in [6, 6.07) is 10.1. The number of aromatic nitrogens is 1. The SMILES string of the molecule is C=C(Cc1cc2ccccc2[nH]1)C12CC#CC(NC(N)=NC)CC3(O)C(O)CC4C3C1CCC(C2)C4(O)C1CCCCC1. The fraction of sp³-hybridized carbons (Fsp3) is 0.639. The van der Waals surface area contributed by atoms with E-state index in [2.05, 4.69) is 51.4 Å². The van der Waals surface area contributed by atoms with Crippen molar-refractivity contribution < 1.29 is 15.3 Å². The molecule has 7 nitrogen and oxygen atoms in total. The number of hydrogen-bond acceptors (Lipinski definition) is 4. The summed E-state index contributed by atoms with van der Waals surface area (Å²) >= 11 is 0. The van der Waals surface area contributed by atoms with Crippen molar-refractivity contribution in [3.8, 4) is 11.8 Å². The lowest BCUT2D eigenvalue weighted by molar-refractivity contribution is -0.142. The van der Waals surface area contributed by atoms with Gasteiger partial charge in [0.05, 0.1) is 23.3 Å². The van der Waals surface area contributed by atoms with Crippen LogP contribution in [0, 0.1) is 46.8 Å². The van der Waals surface area contributed by atoms with Crippen LogP contribution in [0.25, 0.3) is 10.9 Å². The lowest BCUT2D eigenvalue weighted by Crippen LogP contribution is -2.55. The molecule has 6 aliphatic carbocycles. The molecule has 7 heteroatoms. The minimum absolute atomic E-state index is 0.0654. The number of hydrogen-bond donors (Lipinski definition) is 6. The minimum Gasteiger partial charge on any atom is -0.390 e. The van der Waals surface area contributed by atoms with Gasteiger partial charge in [0, 0.05) is 42.9 Å². The van der Waals surface area contributed by atoms with Gasteiger partial charge >= 0.3 is 0 Å². The van der Waals surface area contributed by atoms with E-state index in [9.17, 15) is 15.3 Å². The van der Waals surface area contributed by atoms with Gasteiger partial charge in [0.2, 0.25) is 0 Å². The number of nitrogens with one attached hydrogen (secondary N) is 2. The second-order valence-corrected chi connectivity index (χ2v) is 14.5. The van der Waals surface area contributed by atoms with Crippen LogP contribution < -0.4 is 11.1 Å². The van der Waals surface area contributed by atoms with Crippen molar-refractivity contribution in [1.29, 1.82) is 0 Å². The van der Waals surface area contributed by atoms with Crippen molar-refractivity contribution in [3.63, 3.8) is 0 Å². The molecule has 5 saturated carbocycles. The topological polar surface area (TPSA) is 127 Å². The molecule has 7 N–H and O–H groups in total. The summed E-state index contributed by atoms with van der Waals surface area (Å²) in [6.45, 7) is 4.80. The maximum Gasteiger partial charge on any atom is 0.189 e. The molecule has 43 heavy (non-hydrogen) atoms. The Morgan fingerprint density at radius 2 is 1.88 bits per heavy atom. The van der Waals surface area contributed by atoms with Gasteiger partial charge in [-0.2, -0.15) is 0 Å². The van der Waals surface area contributed by atoms with Crippen LogP contribution >= 0.6 is 0 Å². The summed E-state index contributed by atoms with van der Waals surface area (Å²) in [5.41, 5.74) is 6.75. The lowest BCUT2D eigenvalue weighted by Gasteiger charge is -2.51. The number of aliphatic hydroxyl groups excluding tert-OH is 1. The van der Waals surface area contributed by atoms with E-state index in [1.54, 1.807) is 7.05 Å². The molecule has 5 fully saturated rings. The number of allylic oxidation sites excluding steroid dienone is 1. The van der Waals surface area contributed by atoms with Crippen molar-refractivity contribution >= 4 is 16.9 Å². The van der Waals surface area contributed by atoms with E-state index in [0.717, 1.165) is 61.7 Å². The van der Waals surface area contributed by atoms with Crippen LogP contribution in [0.3, 0.4) is 0 Å². The Balaban J connectivity index is 1.36. The van der Waals surface area contributed by atoms with Crippen LogP contribution in [0.2, 0.25) is 0 Å². The Labute approximate surface area is 255 Å². The zero-order chi connectivity index (χ0) is 30.0. The highest BCUT2D eigenvalue weighted by molar-refractivity contribution is 5.80. The monoisotopic (exact) mass is 584 g/mol. The Kier molecular flexibility index (Phi) is 7.19. The Hall–Kier alpha value is -2.79. The molecule has 0 saturated heterocycles. The number of fused-ring (bicyclic) bond motifs is 2. The average Bonchev–Trinajstić information content (AvgIpc) is 3.48. The number of aliphatic imine (C=N–C) groups is 1.